The van der Waals surface area contributed by atoms with Crippen molar-refractivity contribution in [2.24, 2.45) is 11.5 Å². The van der Waals surface area contributed by atoms with Crippen LogP contribution in [0.2, 0.25) is 0 Å². The highest BCUT2D eigenvalue weighted by molar-refractivity contribution is 7.91. The summed E-state index contributed by atoms with van der Waals surface area (Å²) in [6, 6.07) is 7.66. The second-order valence-electron chi connectivity index (χ2n) is 8.33. The van der Waals surface area contributed by atoms with Crippen LogP contribution in [0.5, 0.6) is 0 Å². The number of carbonyl (C=O) groups is 1. The molecule has 4 rings (SSSR count). The maximum Gasteiger partial charge on any atom is 0.254 e. The van der Waals surface area contributed by atoms with Crippen LogP contribution in [0.4, 0.5) is 23.1 Å². The quantitative estimate of drug-likeness (QED) is 0.499. The van der Waals surface area contributed by atoms with Gasteiger partial charge in [-0.3, -0.25) is 4.79 Å². The Kier molecular flexibility index (Phi) is 6.47. The first-order chi connectivity index (χ1) is 15.3. The van der Waals surface area contributed by atoms with Gasteiger partial charge < -0.3 is 27.0 Å². The van der Waals surface area contributed by atoms with Gasteiger partial charge in [0.25, 0.3) is 5.91 Å². The van der Waals surface area contributed by atoms with Gasteiger partial charge in [-0.2, -0.15) is 4.98 Å². The Morgan fingerprint density at radius 1 is 1.09 bits per heavy atom. The third-order valence-electron chi connectivity index (χ3n) is 6.03. The van der Waals surface area contributed by atoms with E-state index in [0.29, 0.717) is 24.9 Å². The summed E-state index contributed by atoms with van der Waals surface area (Å²) in [5.74, 6) is 0.411. The molecule has 6 N–H and O–H groups in total. The molecular formula is C21H29N7O3S. The van der Waals surface area contributed by atoms with Crippen LogP contribution in [-0.4, -0.2) is 61.0 Å². The number of amides is 1. The predicted octanol–water partition coefficient (Wildman–Crippen LogP) is 1.24. The third-order valence-corrected chi connectivity index (χ3v) is 7.64. The molecule has 32 heavy (non-hydrogen) atoms. The van der Waals surface area contributed by atoms with Crippen molar-refractivity contribution in [3.8, 4) is 0 Å². The number of nitrogens with two attached hydrogens (primary N) is 2. The third kappa shape index (κ3) is 5.28. The van der Waals surface area contributed by atoms with Crippen LogP contribution in [0, 0.1) is 0 Å². The summed E-state index contributed by atoms with van der Waals surface area (Å²) in [6.07, 6.45) is 5.54. The average Bonchev–Trinajstić information content (AvgIpc) is 2.76. The van der Waals surface area contributed by atoms with Crippen molar-refractivity contribution in [2.75, 3.05) is 40.1 Å². The van der Waals surface area contributed by atoms with E-state index in [-0.39, 0.29) is 29.2 Å². The standard InChI is InChI=1S/C21H29N7O3S/c22-17-3-1-2-4-18(17)26-21-24-13-16(19(23)29)20(27-21)25-14-5-7-15(8-6-14)28-9-11-32(30,31)12-10-28/h5-8,13,17-18H,1-4,9-12,22H2,(H2,23,29)(H2,24,25,26,27)/t17-,18+/m0/s1. The zero-order chi connectivity index (χ0) is 22.7. The van der Waals surface area contributed by atoms with Crippen molar-refractivity contribution >= 4 is 38.9 Å². The second kappa shape index (κ2) is 9.29. The summed E-state index contributed by atoms with van der Waals surface area (Å²) in [4.78, 5) is 22.6. The summed E-state index contributed by atoms with van der Waals surface area (Å²) in [6.45, 7) is 0.955. The number of carbonyl (C=O) groups excluding carboxylic acids is 1. The van der Waals surface area contributed by atoms with Gasteiger partial charge in [-0.25, -0.2) is 13.4 Å². The van der Waals surface area contributed by atoms with E-state index in [4.69, 9.17) is 11.5 Å². The van der Waals surface area contributed by atoms with Crippen LogP contribution in [0.15, 0.2) is 30.5 Å². The minimum Gasteiger partial charge on any atom is -0.369 e. The van der Waals surface area contributed by atoms with Crippen molar-refractivity contribution in [3.63, 3.8) is 0 Å². The first-order valence-corrected chi connectivity index (χ1v) is 12.6. The molecule has 1 aromatic heterocycles. The van der Waals surface area contributed by atoms with Gasteiger partial charge >= 0.3 is 0 Å². The van der Waals surface area contributed by atoms with Gasteiger partial charge in [-0.15, -0.1) is 0 Å². The molecule has 10 nitrogen and oxygen atoms in total. The smallest absolute Gasteiger partial charge is 0.254 e. The topological polar surface area (TPSA) is 156 Å². The lowest BCUT2D eigenvalue weighted by molar-refractivity contribution is 0.100. The number of hydrogen-bond donors (Lipinski definition) is 4. The van der Waals surface area contributed by atoms with Crippen molar-refractivity contribution < 1.29 is 13.2 Å². The summed E-state index contributed by atoms with van der Waals surface area (Å²) >= 11 is 0. The Balaban J connectivity index is 1.49. The SMILES string of the molecule is NC(=O)c1cnc(N[C@@H]2CCCC[C@@H]2N)nc1Nc1ccc(N2CCS(=O)(=O)CC2)cc1. The highest BCUT2D eigenvalue weighted by Gasteiger charge is 2.24. The fourth-order valence-electron chi connectivity index (χ4n) is 4.09. The Morgan fingerprint density at radius 2 is 1.78 bits per heavy atom. The molecule has 2 aliphatic rings. The fourth-order valence-corrected chi connectivity index (χ4v) is 5.30. The number of aromatic nitrogens is 2. The highest BCUT2D eigenvalue weighted by Crippen LogP contribution is 2.25. The molecule has 1 amide bonds. The molecule has 0 unspecified atom stereocenters. The van der Waals surface area contributed by atoms with Crippen molar-refractivity contribution in [2.45, 2.75) is 37.8 Å². The lowest BCUT2D eigenvalue weighted by atomic mass is 9.91. The van der Waals surface area contributed by atoms with Gasteiger partial charge in [-0.05, 0) is 37.1 Å². The normalized spacial score (nSPS) is 22.8. The first-order valence-electron chi connectivity index (χ1n) is 10.8. The molecule has 11 heteroatoms. The van der Waals surface area contributed by atoms with E-state index < -0.39 is 15.7 Å². The molecule has 172 valence electrons. The van der Waals surface area contributed by atoms with Crippen LogP contribution in [0.25, 0.3) is 0 Å². The van der Waals surface area contributed by atoms with Gasteiger partial charge in [-0.1, -0.05) is 12.8 Å². The number of benzene rings is 1. The number of primary amides is 1. The number of rotatable bonds is 6. The van der Waals surface area contributed by atoms with Gasteiger partial charge in [0, 0.05) is 42.7 Å². The molecular weight excluding hydrogens is 430 g/mol. The van der Waals surface area contributed by atoms with E-state index in [0.717, 1.165) is 37.1 Å². The predicted molar refractivity (Wildman–Crippen MR) is 125 cm³/mol. The van der Waals surface area contributed by atoms with Gasteiger partial charge in [0.05, 0.1) is 11.5 Å². The van der Waals surface area contributed by atoms with E-state index in [1.54, 1.807) is 0 Å². The maximum absolute atomic E-state index is 11.9. The van der Waals surface area contributed by atoms with E-state index >= 15 is 0 Å². The lowest BCUT2D eigenvalue weighted by Crippen LogP contribution is -2.43. The number of nitrogens with zero attached hydrogens (tertiary/aromatic N) is 3. The Labute approximate surface area is 187 Å². The summed E-state index contributed by atoms with van der Waals surface area (Å²) in [5.41, 5.74) is 13.6. The molecule has 1 aliphatic heterocycles. The Bertz CT molecular complexity index is 1060. The van der Waals surface area contributed by atoms with Crippen LogP contribution in [0.3, 0.4) is 0 Å². The maximum atomic E-state index is 11.9. The van der Waals surface area contributed by atoms with Crippen LogP contribution in [0.1, 0.15) is 36.0 Å². The van der Waals surface area contributed by atoms with E-state index in [1.807, 2.05) is 29.2 Å². The molecule has 2 aromatic rings. The fraction of sp³-hybridized carbons (Fsp3) is 0.476. The van der Waals surface area contributed by atoms with Gasteiger partial charge in [0.2, 0.25) is 5.95 Å². The van der Waals surface area contributed by atoms with E-state index in [1.165, 1.54) is 6.20 Å². The summed E-state index contributed by atoms with van der Waals surface area (Å²) < 4.78 is 23.3. The molecule has 1 saturated carbocycles. The Hall–Kier alpha value is -2.92. The molecule has 1 saturated heterocycles. The number of hydrogen-bond acceptors (Lipinski definition) is 9. The average molecular weight is 460 g/mol. The Morgan fingerprint density at radius 3 is 2.44 bits per heavy atom. The zero-order valence-corrected chi connectivity index (χ0v) is 18.6. The number of sulfone groups is 1. The minimum atomic E-state index is -2.93. The highest BCUT2D eigenvalue weighted by atomic mass is 32.2. The first kappa shape index (κ1) is 22.3. The monoisotopic (exact) mass is 459 g/mol. The van der Waals surface area contributed by atoms with E-state index in [9.17, 15) is 13.2 Å². The number of anilines is 4. The van der Waals surface area contributed by atoms with Crippen LogP contribution >= 0.6 is 0 Å². The second-order valence-corrected chi connectivity index (χ2v) is 10.6. The molecule has 0 spiro atoms. The largest absolute Gasteiger partial charge is 0.369 e. The minimum absolute atomic E-state index is 0.0388. The van der Waals surface area contributed by atoms with Gasteiger partial charge in [0.1, 0.15) is 11.4 Å². The van der Waals surface area contributed by atoms with Crippen LogP contribution < -0.4 is 27.0 Å². The molecule has 0 bridgehead atoms. The van der Waals surface area contributed by atoms with Gasteiger partial charge in [0.15, 0.2) is 9.84 Å². The van der Waals surface area contributed by atoms with Crippen molar-refractivity contribution in [3.05, 3.63) is 36.0 Å². The molecule has 1 aliphatic carbocycles. The number of nitrogens with one attached hydrogen (secondary N) is 2. The summed E-state index contributed by atoms with van der Waals surface area (Å²) in [7, 11) is -2.93. The summed E-state index contributed by atoms with van der Waals surface area (Å²) in [5, 5.41) is 6.43. The molecule has 0 radical (unpaired) electrons. The van der Waals surface area contributed by atoms with Crippen LogP contribution in [-0.2, 0) is 9.84 Å². The molecule has 1 aromatic carbocycles. The lowest BCUT2D eigenvalue weighted by Gasteiger charge is -2.29. The molecule has 2 heterocycles. The van der Waals surface area contributed by atoms with E-state index in [2.05, 4.69) is 20.6 Å². The molecule has 2 atom stereocenters. The zero-order valence-electron chi connectivity index (χ0n) is 17.8. The van der Waals surface area contributed by atoms with Crippen molar-refractivity contribution in [1.29, 1.82) is 0 Å². The molecule has 2 fully saturated rings. The van der Waals surface area contributed by atoms with Crippen molar-refractivity contribution in [1.82, 2.24) is 9.97 Å².